The molecule has 0 unspecified atom stereocenters. The molecule has 24 heavy (non-hydrogen) atoms. The van der Waals surface area contributed by atoms with Crippen molar-refractivity contribution >= 4 is 24.0 Å². The Kier molecular flexibility index (Phi) is 7.04. The van der Waals surface area contributed by atoms with Crippen LogP contribution in [0.4, 0.5) is 0 Å². The van der Waals surface area contributed by atoms with Gasteiger partial charge in [-0.1, -0.05) is 105 Å². The van der Waals surface area contributed by atoms with Crippen molar-refractivity contribution in [2.75, 3.05) is 0 Å². The minimum Gasteiger partial charge on any atom is -0.107 e. The van der Waals surface area contributed by atoms with Gasteiger partial charge < -0.3 is 0 Å². The largest absolute Gasteiger partial charge is 0.107 e. The highest BCUT2D eigenvalue weighted by Crippen LogP contribution is 2.43. The lowest BCUT2D eigenvalue weighted by molar-refractivity contribution is 0.527. The summed E-state index contributed by atoms with van der Waals surface area (Å²) < 4.78 is 0. The van der Waals surface area contributed by atoms with Crippen LogP contribution in [-0.2, 0) is 5.41 Å². The standard InChI is InChI=1S/C23H23.HI/c1-2-3-19-23(20-13-7-4-8-14-20,21-15-9-5-10-16-21)22-17-11-6-12-18-22;/h4-5,7-18H,2-3,19H2,1H3;1H. The number of hydrogen-bond donors (Lipinski definition) is 0. The zero-order chi connectivity index (χ0) is 16.0. The fraction of sp³-hybridized carbons (Fsp3) is 0.217. The topological polar surface area (TPSA) is 0 Å². The third-order valence-electron chi connectivity index (χ3n) is 4.65. The van der Waals surface area contributed by atoms with Gasteiger partial charge in [0.05, 0.1) is 0 Å². The first-order chi connectivity index (χ1) is 11.4. The Morgan fingerprint density at radius 1 is 0.708 bits per heavy atom. The van der Waals surface area contributed by atoms with E-state index in [4.69, 9.17) is 0 Å². The summed E-state index contributed by atoms with van der Waals surface area (Å²) in [6.07, 6.45) is 3.50. The lowest BCUT2D eigenvalue weighted by Crippen LogP contribution is -2.29. The van der Waals surface area contributed by atoms with Crippen LogP contribution >= 0.6 is 24.0 Å². The molecule has 3 rings (SSSR count). The Labute approximate surface area is 163 Å². The molecule has 0 fully saturated rings. The minimum absolute atomic E-state index is 0. The first kappa shape index (κ1) is 18.7. The molecule has 0 aliphatic heterocycles. The molecule has 1 radical (unpaired) electrons. The van der Waals surface area contributed by atoms with Crippen molar-refractivity contribution in [3.8, 4) is 0 Å². The smallest absolute Gasteiger partial charge is 0.0451 e. The first-order valence-corrected chi connectivity index (χ1v) is 8.45. The van der Waals surface area contributed by atoms with Gasteiger partial charge in [0, 0.05) is 5.41 Å². The van der Waals surface area contributed by atoms with E-state index in [1.165, 1.54) is 29.5 Å². The highest BCUT2D eigenvalue weighted by Gasteiger charge is 2.35. The van der Waals surface area contributed by atoms with Gasteiger partial charge in [-0.15, -0.1) is 24.0 Å². The number of unbranched alkanes of at least 4 members (excludes halogenated alkanes) is 1. The van der Waals surface area contributed by atoms with Crippen LogP contribution in [0.2, 0.25) is 0 Å². The van der Waals surface area contributed by atoms with Gasteiger partial charge in [0.1, 0.15) is 0 Å². The van der Waals surface area contributed by atoms with Crippen LogP contribution in [0.15, 0.2) is 84.9 Å². The average molecular weight is 427 g/mol. The van der Waals surface area contributed by atoms with Crippen molar-refractivity contribution < 1.29 is 0 Å². The van der Waals surface area contributed by atoms with E-state index in [1.807, 2.05) is 12.1 Å². The second-order valence-corrected chi connectivity index (χ2v) is 6.03. The van der Waals surface area contributed by atoms with E-state index in [0.717, 1.165) is 6.42 Å². The summed E-state index contributed by atoms with van der Waals surface area (Å²) >= 11 is 0. The summed E-state index contributed by atoms with van der Waals surface area (Å²) in [7, 11) is 0. The monoisotopic (exact) mass is 427 g/mol. The summed E-state index contributed by atoms with van der Waals surface area (Å²) in [4.78, 5) is 0. The van der Waals surface area contributed by atoms with Gasteiger partial charge in [-0.2, -0.15) is 0 Å². The fourth-order valence-electron chi connectivity index (χ4n) is 3.49. The normalized spacial score (nSPS) is 10.9. The second kappa shape index (κ2) is 9.03. The van der Waals surface area contributed by atoms with Crippen molar-refractivity contribution in [2.24, 2.45) is 0 Å². The van der Waals surface area contributed by atoms with Crippen LogP contribution in [0.1, 0.15) is 42.9 Å². The molecule has 0 saturated carbocycles. The van der Waals surface area contributed by atoms with E-state index in [1.54, 1.807) is 0 Å². The van der Waals surface area contributed by atoms with E-state index in [0.29, 0.717) is 0 Å². The van der Waals surface area contributed by atoms with E-state index in [-0.39, 0.29) is 29.4 Å². The predicted octanol–water partition coefficient (Wildman–Crippen LogP) is 6.63. The highest BCUT2D eigenvalue weighted by molar-refractivity contribution is 14.0. The molecule has 0 spiro atoms. The zero-order valence-electron chi connectivity index (χ0n) is 14.1. The number of rotatable bonds is 6. The van der Waals surface area contributed by atoms with Crippen LogP contribution < -0.4 is 0 Å². The Morgan fingerprint density at radius 3 is 1.62 bits per heavy atom. The second-order valence-electron chi connectivity index (χ2n) is 6.03. The van der Waals surface area contributed by atoms with Crippen LogP contribution in [0, 0.1) is 6.07 Å². The van der Waals surface area contributed by atoms with Crippen molar-refractivity contribution in [1.82, 2.24) is 0 Å². The quantitative estimate of drug-likeness (QED) is 0.306. The molecule has 0 bridgehead atoms. The lowest BCUT2D eigenvalue weighted by atomic mass is 9.66. The number of hydrogen-bond acceptors (Lipinski definition) is 0. The average Bonchev–Trinajstić information content (AvgIpc) is 2.65. The van der Waals surface area contributed by atoms with Gasteiger partial charge >= 0.3 is 0 Å². The molecule has 1 heteroatoms. The van der Waals surface area contributed by atoms with Crippen molar-refractivity contribution in [2.45, 2.75) is 31.6 Å². The van der Waals surface area contributed by atoms with Crippen molar-refractivity contribution in [3.05, 3.63) is 108 Å². The minimum atomic E-state index is -0.0897. The van der Waals surface area contributed by atoms with E-state index in [2.05, 4.69) is 85.8 Å². The Bertz CT molecular complexity index is 608. The third kappa shape index (κ3) is 3.72. The van der Waals surface area contributed by atoms with Crippen LogP contribution in [-0.4, -0.2) is 0 Å². The Balaban J connectivity index is 0.00000208. The zero-order valence-corrected chi connectivity index (χ0v) is 16.4. The van der Waals surface area contributed by atoms with Gasteiger partial charge in [-0.25, -0.2) is 0 Å². The maximum atomic E-state index is 3.16. The van der Waals surface area contributed by atoms with E-state index in [9.17, 15) is 0 Å². The SMILES string of the molecule is CCCCC(c1cc[c]cc1)(c1ccccc1)c1ccccc1.I. The van der Waals surface area contributed by atoms with Gasteiger partial charge in [0.2, 0.25) is 0 Å². The molecule has 3 aromatic rings. The molecule has 0 atom stereocenters. The maximum Gasteiger partial charge on any atom is 0.0451 e. The molecule has 0 amide bonds. The molecule has 0 aliphatic carbocycles. The Hall–Kier alpha value is -1.61. The van der Waals surface area contributed by atoms with Gasteiger partial charge in [0.25, 0.3) is 0 Å². The van der Waals surface area contributed by atoms with Crippen LogP contribution in [0.3, 0.4) is 0 Å². The third-order valence-corrected chi connectivity index (χ3v) is 4.65. The summed E-state index contributed by atoms with van der Waals surface area (Å²) in [5.41, 5.74) is 3.99. The van der Waals surface area contributed by atoms with Crippen molar-refractivity contribution in [1.29, 1.82) is 0 Å². The number of halogens is 1. The summed E-state index contributed by atoms with van der Waals surface area (Å²) in [5, 5.41) is 0. The van der Waals surface area contributed by atoms with E-state index < -0.39 is 0 Å². The maximum absolute atomic E-state index is 3.16. The lowest BCUT2D eigenvalue weighted by Gasteiger charge is -2.36. The molecule has 0 saturated heterocycles. The molecule has 0 aliphatic rings. The molecule has 0 N–H and O–H groups in total. The highest BCUT2D eigenvalue weighted by atomic mass is 127. The van der Waals surface area contributed by atoms with Crippen molar-refractivity contribution in [3.63, 3.8) is 0 Å². The van der Waals surface area contributed by atoms with E-state index >= 15 is 0 Å². The summed E-state index contributed by atoms with van der Waals surface area (Å²) in [6, 6.07) is 33.5. The molecule has 123 valence electrons. The Morgan fingerprint density at radius 2 is 1.17 bits per heavy atom. The first-order valence-electron chi connectivity index (χ1n) is 8.45. The van der Waals surface area contributed by atoms with Gasteiger partial charge in [0.15, 0.2) is 0 Å². The molecular weight excluding hydrogens is 403 g/mol. The molecule has 0 heterocycles. The predicted molar refractivity (Wildman–Crippen MR) is 113 cm³/mol. The van der Waals surface area contributed by atoms with Crippen LogP contribution in [0.5, 0.6) is 0 Å². The number of benzene rings is 3. The fourth-order valence-corrected chi connectivity index (χ4v) is 3.49. The van der Waals surface area contributed by atoms with Gasteiger partial charge in [-0.05, 0) is 29.2 Å². The van der Waals surface area contributed by atoms with Crippen LogP contribution in [0.25, 0.3) is 0 Å². The van der Waals surface area contributed by atoms with Gasteiger partial charge in [-0.3, -0.25) is 0 Å². The molecular formula is C23H24I. The molecule has 3 aromatic carbocycles. The summed E-state index contributed by atoms with van der Waals surface area (Å²) in [5.74, 6) is 0. The summed E-state index contributed by atoms with van der Waals surface area (Å²) in [6.45, 7) is 2.26. The molecule has 0 aromatic heterocycles. The molecule has 0 nitrogen and oxygen atoms in total.